The van der Waals surface area contributed by atoms with Gasteiger partial charge in [-0.2, -0.15) is 17.5 Å². The highest BCUT2D eigenvalue weighted by Crippen LogP contribution is 2.29. The smallest absolute Gasteiger partial charge is 0.203 e. The normalized spacial score (nSPS) is 21.4. The third-order valence-corrected chi connectivity index (χ3v) is 3.08. The Balaban J connectivity index is 2.82. The van der Waals surface area contributed by atoms with Crippen LogP contribution < -0.4 is 0 Å². The Morgan fingerprint density at radius 1 is 1.18 bits per heavy atom. The molecule has 1 aliphatic heterocycles. The number of alkyl halides is 3. The van der Waals surface area contributed by atoms with Gasteiger partial charge in [0.05, 0.1) is 0 Å². The molecule has 1 rings (SSSR count). The first kappa shape index (κ1) is 8.79. The zero-order chi connectivity index (χ0) is 8.70. The van der Waals surface area contributed by atoms with Crippen LogP contribution >= 0.6 is 0 Å². The third kappa shape index (κ3) is 1.34. The second-order valence-corrected chi connectivity index (χ2v) is 4.13. The van der Waals surface area contributed by atoms with Crippen LogP contribution in [0.25, 0.3) is 0 Å². The maximum Gasteiger partial charge on any atom is 0.511 e. The lowest BCUT2D eigenvalue weighted by molar-refractivity contribution is -0.0505. The summed E-state index contributed by atoms with van der Waals surface area (Å²) in [5.74, 6) is 0. The number of rotatable bonds is 1. The van der Waals surface area contributed by atoms with Gasteiger partial charge in [0.1, 0.15) is 0 Å². The molecule has 0 radical (unpaired) electrons. The van der Waals surface area contributed by atoms with Crippen molar-refractivity contribution in [2.45, 2.75) is 11.9 Å². The van der Waals surface area contributed by atoms with Crippen LogP contribution in [0.15, 0.2) is 0 Å². The molecule has 0 aromatic carbocycles. The molecule has 11 heavy (non-hydrogen) atoms. The molecule has 3 nitrogen and oxygen atoms in total. The van der Waals surface area contributed by atoms with Crippen LogP contribution in [0.5, 0.6) is 0 Å². The van der Waals surface area contributed by atoms with Crippen LogP contribution in [-0.4, -0.2) is 31.3 Å². The van der Waals surface area contributed by atoms with Crippen molar-refractivity contribution in [1.82, 2.24) is 4.31 Å². The van der Waals surface area contributed by atoms with Crippen molar-refractivity contribution < 1.29 is 21.6 Å². The molecule has 0 N–H and O–H groups in total. The minimum absolute atomic E-state index is 0.0121. The summed E-state index contributed by atoms with van der Waals surface area (Å²) in [6.45, 7) is -0.0241. The minimum atomic E-state index is -5.13. The van der Waals surface area contributed by atoms with Gasteiger partial charge in [-0.05, 0) is 6.42 Å². The number of nitrogens with zero attached hydrogens (tertiary/aromatic N) is 1. The van der Waals surface area contributed by atoms with Gasteiger partial charge in [0.25, 0.3) is 0 Å². The van der Waals surface area contributed by atoms with E-state index in [9.17, 15) is 21.6 Å². The fraction of sp³-hybridized carbons (Fsp3) is 1.00. The maximum absolute atomic E-state index is 11.7. The van der Waals surface area contributed by atoms with Crippen molar-refractivity contribution in [1.29, 1.82) is 0 Å². The highest BCUT2D eigenvalue weighted by molar-refractivity contribution is 7.90. The molecule has 7 heteroatoms. The lowest BCUT2D eigenvalue weighted by Crippen LogP contribution is -2.48. The van der Waals surface area contributed by atoms with Crippen molar-refractivity contribution in [3.05, 3.63) is 0 Å². The van der Waals surface area contributed by atoms with E-state index < -0.39 is 15.5 Å². The first-order chi connectivity index (χ1) is 4.86. The Morgan fingerprint density at radius 3 is 1.73 bits per heavy atom. The summed E-state index contributed by atoms with van der Waals surface area (Å²) in [5, 5.41) is 0. The highest BCUT2D eigenvalue weighted by atomic mass is 32.2. The summed E-state index contributed by atoms with van der Waals surface area (Å²) >= 11 is 0. The lowest BCUT2D eigenvalue weighted by atomic mass is 10.3. The molecule has 1 saturated heterocycles. The number of hydrogen-bond acceptors (Lipinski definition) is 2. The predicted octanol–water partition coefficient (Wildman–Crippen LogP) is 0.542. The highest BCUT2D eigenvalue weighted by Gasteiger charge is 2.51. The Labute approximate surface area is 61.8 Å². The molecule has 0 aliphatic carbocycles. The van der Waals surface area contributed by atoms with E-state index in [-0.39, 0.29) is 13.1 Å². The topological polar surface area (TPSA) is 37.4 Å². The molecule has 0 bridgehead atoms. The van der Waals surface area contributed by atoms with E-state index in [4.69, 9.17) is 0 Å². The molecule has 0 amide bonds. The molecule has 1 fully saturated rings. The molecule has 1 aliphatic rings. The van der Waals surface area contributed by atoms with E-state index in [2.05, 4.69) is 0 Å². The minimum Gasteiger partial charge on any atom is -0.203 e. The first-order valence-electron chi connectivity index (χ1n) is 2.92. The zero-order valence-corrected chi connectivity index (χ0v) is 6.24. The standard InChI is InChI=1S/C4H6F3NO2S/c5-4(6,7)11(9,10)8-2-1-3-8/h1-3H2. The van der Waals surface area contributed by atoms with Crippen molar-refractivity contribution in [2.24, 2.45) is 0 Å². The Hall–Kier alpha value is -0.300. The predicted molar refractivity (Wildman–Crippen MR) is 31.2 cm³/mol. The van der Waals surface area contributed by atoms with E-state index in [0.29, 0.717) is 10.7 Å². The third-order valence-electron chi connectivity index (χ3n) is 1.45. The number of hydrogen-bond donors (Lipinski definition) is 0. The molecule has 0 unspecified atom stereocenters. The largest absolute Gasteiger partial charge is 0.511 e. The van der Waals surface area contributed by atoms with Crippen LogP contribution in [0.4, 0.5) is 13.2 Å². The molecule has 0 spiro atoms. The summed E-state index contributed by atoms with van der Waals surface area (Å²) < 4.78 is 56.3. The van der Waals surface area contributed by atoms with Gasteiger partial charge < -0.3 is 0 Å². The fourth-order valence-electron chi connectivity index (χ4n) is 0.674. The quantitative estimate of drug-likeness (QED) is 0.603. The van der Waals surface area contributed by atoms with Gasteiger partial charge in [-0.25, -0.2) is 8.42 Å². The molecule has 1 heterocycles. The second kappa shape index (κ2) is 2.34. The van der Waals surface area contributed by atoms with E-state index in [1.54, 1.807) is 0 Å². The van der Waals surface area contributed by atoms with E-state index in [1.807, 2.05) is 0 Å². The Kier molecular flexibility index (Phi) is 1.87. The molecule has 0 aromatic heterocycles. The Morgan fingerprint density at radius 2 is 1.64 bits per heavy atom. The molecular weight excluding hydrogens is 183 g/mol. The average molecular weight is 189 g/mol. The van der Waals surface area contributed by atoms with Gasteiger partial charge in [0.15, 0.2) is 0 Å². The van der Waals surface area contributed by atoms with Crippen LogP contribution in [0.1, 0.15) is 6.42 Å². The van der Waals surface area contributed by atoms with Gasteiger partial charge in [-0.3, -0.25) is 0 Å². The van der Waals surface area contributed by atoms with Gasteiger partial charge in [-0.15, -0.1) is 0 Å². The first-order valence-corrected chi connectivity index (χ1v) is 4.36. The fourth-order valence-corrected chi connectivity index (χ4v) is 1.71. The van der Waals surface area contributed by atoms with Crippen LogP contribution in [0.3, 0.4) is 0 Å². The van der Waals surface area contributed by atoms with Crippen molar-refractivity contribution in [3.63, 3.8) is 0 Å². The van der Waals surface area contributed by atoms with Gasteiger partial charge >= 0.3 is 15.5 Å². The lowest BCUT2D eigenvalue weighted by Gasteiger charge is -2.29. The van der Waals surface area contributed by atoms with E-state index >= 15 is 0 Å². The molecule has 0 aromatic rings. The second-order valence-electron chi connectivity index (χ2n) is 2.20. The van der Waals surface area contributed by atoms with E-state index in [1.165, 1.54) is 0 Å². The van der Waals surface area contributed by atoms with E-state index in [0.717, 1.165) is 0 Å². The number of sulfonamides is 1. The maximum atomic E-state index is 11.7. The summed E-state index contributed by atoms with van der Waals surface area (Å²) in [6.07, 6.45) is 0.509. The summed E-state index contributed by atoms with van der Waals surface area (Å²) in [5.41, 5.74) is -5.13. The summed E-state index contributed by atoms with van der Waals surface area (Å²) in [7, 11) is -5.01. The van der Waals surface area contributed by atoms with Crippen LogP contribution in [0, 0.1) is 0 Å². The Bertz CT molecular complexity index is 241. The molecule has 0 saturated carbocycles. The molecule has 0 atom stereocenters. The monoisotopic (exact) mass is 189 g/mol. The summed E-state index contributed by atoms with van der Waals surface area (Å²) in [4.78, 5) is 0. The average Bonchev–Trinajstić information content (AvgIpc) is 1.53. The number of halogens is 3. The van der Waals surface area contributed by atoms with Gasteiger partial charge in [-0.1, -0.05) is 0 Å². The zero-order valence-electron chi connectivity index (χ0n) is 5.43. The van der Waals surface area contributed by atoms with Crippen molar-refractivity contribution >= 4 is 10.0 Å². The van der Waals surface area contributed by atoms with Gasteiger partial charge in [0.2, 0.25) is 0 Å². The van der Waals surface area contributed by atoms with Gasteiger partial charge in [0, 0.05) is 13.1 Å². The molecule has 66 valence electrons. The van der Waals surface area contributed by atoms with Crippen LogP contribution in [0.2, 0.25) is 0 Å². The molecular formula is C4H6F3NO2S. The SMILES string of the molecule is O=S(=O)(N1CCC1)C(F)(F)F. The van der Waals surface area contributed by atoms with Crippen LogP contribution in [-0.2, 0) is 10.0 Å². The summed E-state index contributed by atoms with van der Waals surface area (Å²) in [6, 6.07) is 0. The van der Waals surface area contributed by atoms with Crippen molar-refractivity contribution in [2.75, 3.05) is 13.1 Å². The van der Waals surface area contributed by atoms with Crippen molar-refractivity contribution in [3.8, 4) is 0 Å².